The Bertz CT molecular complexity index is 1070. The number of hydrogen-bond donors (Lipinski definition) is 0. The molecule has 0 aliphatic rings. The molecular weight excluding hydrogens is 382 g/mol. The van der Waals surface area contributed by atoms with Crippen LogP contribution in [0.15, 0.2) is 54.6 Å². The van der Waals surface area contributed by atoms with Crippen molar-refractivity contribution in [1.82, 2.24) is 14.0 Å². The number of halogens is 1. The summed E-state index contributed by atoms with van der Waals surface area (Å²) >= 11 is 3.43. The number of ether oxygens (including phenoxy) is 1. The summed E-state index contributed by atoms with van der Waals surface area (Å²) in [4.78, 5) is 17.1. The molecule has 0 fully saturated rings. The normalized spacial score (nSPS) is 11.3. The number of para-hydroxylation sites is 2. The summed E-state index contributed by atoms with van der Waals surface area (Å²) in [5.41, 5.74) is 4.29. The molecule has 0 atom stereocenters. The number of nitrogens with zero attached hydrogens (tertiary/aromatic N) is 3. The summed E-state index contributed by atoms with van der Waals surface area (Å²) in [6.07, 6.45) is 0. The van der Waals surface area contributed by atoms with Crippen molar-refractivity contribution in [2.24, 2.45) is 0 Å². The summed E-state index contributed by atoms with van der Waals surface area (Å²) in [6.45, 7) is 0.678. The van der Waals surface area contributed by atoms with Gasteiger partial charge in [0.15, 0.2) is 5.69 Å². The second-order valence-electron chi connectivity index (χ2n) is 5.73. The lowest BCUT2D eigenvalue weighted by atomic mass is 10.2. The zero-order valence-corrected chi connectivity index (χ0v) is 15.2. The van der Waals surface area contributed by atoms with E-state index in [1.807, 2.05) is 46.9 Å². The van der Waals surface area contributed by atoms with E-state index in [0.29, 0.717) is 23.3 Å². The van der Waals surface area contributed by atoms with Crippen molar-refractivity contribution in [3.8, 4) is 0 Å². The molecule has 0 unspecified atom stereocenters. The number of alkyl halides is 1. The Morgan fingerprint density at radius 1 is 1.08 bits per heavy atom. The first kappa shape index (κ1) is 15.9. The molecule has 5 nitrogen and oxygen atoms in total. The summed E-state index contributed by atoms with van der Waals surface area (Å²) in [6, 6.07) is 18.2. The van der Waals surface area contributed by atoms with Gasteiger partial charge in [-0.05, 0) is 17.7 Å². The minimum Gasteiger partial charge on any atom is -0.464 e. The van der Waals surface area contributed by atoms with Crippen LogP contribution in [-0.2, 0) is 16.6 Å². The molecule has 0 spiro atoms. The molecule has 2 heterocycles. The molecule has 0 bridgehead atoms. The van der Waals surface area contributed by atoms with Crippen LogP contribution >= 0.6 is 15.9 Å². The third-order valence-corrected chi connectivity index (χ3v) is 4.81. The number of aromatic nitrogens is 3. The molecule has 2 aromatic carbocycles. The van der Waals surface area contributed by atoms with Gasteiger partial charge >= 0.3 is 5.97 Å². The van der Waals surface area contributed by atoms with Crippen molar-refractivity contribution in [2.75, 3.05) is 7.11 Å². The van der Waals surface area contributed by atoms with E-state index < -0.39 is 0 Å². The standard InChI is InChI=1S/C19H16BrN3O2/c1-25-18(24)17-14(11-20)21-19-22(12-13-7-3-2-4-8-13)15-9-5-6-10-16(15)23(17)19/h2-10H,11-12H2,1H3. The number of rotatable bonds is 4. The van der Waals surface area contributed by atoms with Gasteiger partial charge in [-0.3, -0.25) is 4.40 Å². The molecule has 0 saturated heterocycles. The van der Waals surface area contributed by atoms with Gasteiger partial charge in [0.1, 0.15) is 0 Å². The van der Waals surface area contributed by atoms with Crippen LogP contribution in [0.2, 0.25) is 0 Å². The predicted octanol–water partition coefficient (Wildman–Crippen LogP) is 4.02. The SMILES string of the molecule is COC(=O)c1c(CBr)nc2n(Cc3ccccc3)c3ccccc3n12. The highest BCUT2D eigenvalue weighted by molar-refractivity contribution is 9.08. The Kier molecular flexibility index (Phi) is 4.05. The van der Waals surface area contributed by atoms with E-state index in [1.54, 1.807) is 0 Å². The minimum atomic E-state index is -0.385. The van der Waals surface area contributed by atoms with Crippen LogP contribution < -0.4 is 0 Å². The first-order chi connectivity index (χ1) is 12.2. The smallest absolute Gasteiger partial charge is 0.357 e. The van der Waals surface area contributed by atoms with Gasteiger partial charge in [0.25, 0.3) is 0 Å². The third kappa shape index (κ3) is 2.53. The number of methoxy groups -OCH3 is 1. The maximum atomic E-state index is 12.4. The maximum Gasteiger partial charge on any atom is 0.357 e. The number of carbonyl (C=O) groups excluding carboxylic acids is 1. The van der Waals surface area contributed by atoms with E-state index in [4.69, 9.17) is 9.72 Å². The van der Waals surface area contributed by atoms with Crippen LogP contribution in [0.4, 0.5) is 0 Å². The van der Waals surface area contributed by atoms with E-state index in [-0.39, 0.29) is 5.97 Å². The molecule has 6 heteroatoms. The summed E-state index contributed by atoms with van der Waals surface area (Å²) in [5, 5.41) is 0.485. The molecule has 4 rings (SSSR count). The lowest BCUT2D eigenvalue weighted by molar-refractivity contribution is 0.0592. The number of hydrogen-bond acceptors (Lipinski definition) is 3. The molecule has 4 aromatic rings. The molecule has 0 aliphatic carbocycles. The van der Waals surface area contributed by atoms with E-state index in [1.165, 1.54) is 12.7 Å². The van der Waals surface area contributed by atoms with Gasteiger partial charge in [0.05, 0.1) is 30.4 Å². The summed E-state index contributed by atoms with van der Waals surface area (Å²) in [5.74, 6) is 0.351. The fourth-order valence-corrected chi connectivity index (χ4v) is 3.56. The van der Waals surface area contributed by atoms with Crippen LogP contribution in [0.5, 0.6) is 0 Å². The molecule has 25 heavy (non-hydrogen) atoms. The molecule has 0 saturated carbocycles. The second-order valence-corrected chi connectivity index (χ2v) is 6.29. The van der Waals surface area contributed by atoms with Gasteiger partial charge in [-0.2, -0.15) is 0 Å². The van der Waals surface area contributed by atoms with Crippen LogP contribution in [0.1, 0.15) is 21.7 Å². The van der Waals surface area contributed by atoms with Crippen molar-refractivity contribution in [3.05, 3.63) is 71.5 Å². The van der Waals surface area contributed by atoms with Gasteiger partial charge in [-0.25, -0.2) is 9.78 Å². The predicted molar refractivity (Wildman–Crippen MR) is 100 cm³/mol. The van der Waals surface area contributed by atoms with E-state index >= 15 is 0 Å². The van der Waals surface area contributed by atoms with Crippen molar-refractivity contribution >= 4 is 38.7 Å². The average Bonchev–Trinajstić information content (AvgIpc) is 3.18. The van der Waals surface area contributed by atoms with Crippen LogP contribution in [0.3, 0.4) is 0 Å². The summed E-state index contributed by atoms with van der Waals surface area (Å²) in [7, 11) is 1.39. The summed E-state index contributed by atoms with van der Waals surface area (Å²) < 4.78 is 9.01. The maximum absolute atomic E-state index is 12.4. The molecule has 2 aromatic heterocycles. The lowest BCUT2D eigenvalue weighted by Gasteiger charge is -2.05. The third-order valence-electron chi connectivity index (χ3n) is 4.28. The van der Waals surface area contributed by atoms with Crippen LogP contribution in [0.25, 0.3) is 16.8 Å². The zero-order chi connectivity index (χ0) is 17.4. The molecular formula is C19H16BrN3O2. The van der Waals surface area contributed by atoms with E-state index in [0.717, 1.165) is 16.8 Å². The largest absolute Gasteiger partial charge is 0.464 e. The van der Waals surface area contributed by atoms with E-state index in [9.17, 15) is 4.79 Å². The molecule has 126 valence electrons. The second kappa shape index (κ2) is 6.37. The Labute approximate surface area is 153 Å². The quantitative estimate of drug-likeness (QED) is 0.386. The van der Waals surface area contributed by atoms with Crippen molar-refractivity contribution in [2.45, 2.75) is 11.9 Å². The first-order valence-electron chi connectivity index (χ1n) is 7.91. The van der Waals surface area contributed by atoms with Crippen LogP contribution in [0, 0.1) is 0 Å². The Morgan fingerprint density at radius 2 is 1.76 bits per heavy atom. The Balaban J connectivity index is 2.04. The highest BCUT2D eigenvalue weighted by atomic mass is 79.9. The zero-order valence-electron chi connectivity index (χ0n) is 13.6. The molecule has 0 amide bonds. The molecule has 0 aliphatic heterocycles. The van der Waals surface area contributed by atoms with E-state index in [2.05, 4.69) is 32.6 Å². The van der Waals surface area contributed by atoms with Crippen molar-refractivity contribution in [3.63, 3.8) is 0 Å². The average molecular weight is 398 g/mol. The van der Waals surface area contributed by atoms with Gasteiger partial charge in [-0.15, -0.1) is 0 Å². The Morgan fingerprint density at radius 3 is 2.44 bits per heavy atom. The highest BCUT2D eigenvalue weighted by Gasteiger charge is 2.24. The lowest BCUT2D eigenvalue weighted by Crippen LogP contribution is -2.07. The fraction of sp³-hybridized carbons (Fsp3) is 0.158. The fourth-order valence-electron chi connectivity index (χ4n) is 3.17. The number of benzene rings is 2. The van der Waals surface area contributed by atoms with Gasteiger partial charge < -0.3 is 9.30 Å². The number of imidazole rings is 2. The topological polar surface area (TPSA) is 48.5 Å². The van der Waals surface area contributed by atoms with Gasteiger partial charge in [0.2, 0.25) is 5.78 Å². The van der Waals surface area contributed by atoms with Gasteiger partial charge in [-0.1, -0.05) is 58.4 Å². The highest BCUT2D eigenvalue weighted by Crippen LogP contribution is 2.26. The number of carbonyl (C=O) groups is 1. The number of esters is 1. The molecule has 0 radical (unpaired) electrons. The number of fused-ring (bicyclic) bond motifs is 3. The van der Waals surface area contributed by atoms with Crippen molar-refractivity contribution in [1.29, 1.82) is 0 Å². The van der Waals surface area contributed by atoms with Crippen molar-refractivity contribution < 1.29 is 9.53 Å². The Hall–Kier alpha value is -2.60. The van der Waals surface area contributed by atoms with Crippen LogP contribution in [-0.4, -0.2) is 27.0 Å². The monoisotopic (exact) mass is 397 g/mol. The minimum absolute atomic E-state index is 0.385. The first-order valence-corrected chi connectivity index (χ1v) is 9.03. The van der Waals surface area contributed by atoms with Gasteiger partial charge in [0, 0.05) is 5.33 Å². The molecule has 0 N–H and O–H groups in total.